The van der Waals surface area contributed by atoms with Crippen LogP contribution in [0.5, 0.6) is 5.75 Å². The Balaban J connectivity index is 2.34. The number of aryl methyl sites for hydroxylation is 1. The predicted octanol–water partition coefficient (Wildman–Crippen LogP) is 3.77. The van der Waals surface area contributed by atoms with E-state index in [9.17, 15) is 0 Å². The van der Waals surface area contributed by atoms with Crippen molar-refractivity contribution in [1.29, 1.82) is 0 Å². The van der Waals surface area contributed by atoms with Crippen molar-refractivity contribution in [2.75, 3.05) is 19.7 Å². The van der Waals surface area contributed by atoms with Crippen LogP contribution in [0.1, 0.15) is 25.8 Å². The summed E-state index contributed by atoms with van der Waals surface area (Å²) < 4.78 is 6.92. The zero-order valence-electron chi connectivity index (χ0n) is 10.9. The van der Waals surface area contributed by atoms with Crippen LogP contribution in [-0.2, 0) is 0 Å². The van der Waals surface area contributed by atoms with Crippen LogP contribution in [0.2, 0.25) is 0 Å². The van der Waals surface area contributed by atoms with Gasteiger partial charge < -0.3 is 10.1 Å². The molecule has 1 N–H and O–H groups in total. The Kier molecular flexibility index (Phi) is 6.60. The number of halogens is 1. The third-order valence-corrected chi connectivity index (χ3v) is 3.07. The SMILES string of the molecule is CCCNCC(C)COc1ccc(Br)cc1C. The summed E-state index contributed by atoms with van der Waals surface area (Å²) in [4.78, 5) is 0. The van der Waals surface area contributed by atoms with Crippen LogP contribution in [-0.4, -0.2) is 19.7 Å². The Bertz CT molecular complexity index is 341. The maximum atomic E-state index is 5.82. The molecule has 1 aromatic rings. The minimum Gasteiger partial charge on any atom is -0.493 e. The molecular formula is C14H22BrNO. The van der Waals surface area contributed by atoms with Gasteiger partial charge in [-0.2, -0.15) is 0 Å². The summed E-state index contributed by atoms with van der Waals surface area (Å²) >= 11 is 3.45. The van der Waals surface area contributed by atoms with Crippen molar-refractivity contribution in [2.45, 2.75) is 27.2 Å². The number of ether oxygens (including phenoxy) is 1. The number of hydrogen-bond donors (Lipinski definition) is 1. The Labute approximate surface area is 113 Å². The molecule has 0 aliphatic rings. The van der Waals surface area contributed by atoms with Crippen molar-refractivity contribution in [3.63, 3.8) is 0 Å². The van der Waals surface area contributed by atoms with E-state index in [2.05, 4.69) is 48.1 Å². The molecule has 2 nitrogen and oxygen atoms in total. The summed E-state index contributed by atoms with van der Waals surface area (Å²) in [6.45, 7) is 9.32. The molecule has 96 valence electrons. The third-order valence-electron chi connectivity index (χ3n) is 2.58. The smallest absolute Gasteiger partial charge is 0.122 e. The highest BCUT2D eigenvalue weighted by Gasteiger charge is 2.04. The lowest BCUT2D eigenvalue weighted by molar-refractivity contribution is 0.254. The molecule has 17 heavy (non-hydrogen) atoms. The zero-order valence-corrected chi connectivity index (χ0v) is 12.5. The molecule has 0 aliphatic carbocycles. The molecule has 0 bridgehead atoms. The van der Waals surface area contributed by atoms with Gasteiger partial charge in [-0.3, -0.25) is 0 Å². The fraction of sp³-hybridized carbons (Fsp3) is 0.571. The van der Waals surface area contributed by atoms with Gasteiger partial charge in [0, 0.05) is 16.9 Å². The molecule has 1 atom stereocenters. The lowest BCUT2D eigenvalue weighted by Gasteiger charge is -2.15. The van der Waals surface area contributed by atoms with E-state index in [1.165, 1.54) is 12.0 Å². The van der Waals surface area contributed by atoms with Crippen molar-refractivity contribution < 1.29 is 4.74 Å². The standard InChI is InChI=1S/C14H22BrNO/c1-4-7-16-9-11(2)10-17-14-6-5-13(15)8-12(14)3/h5-6,8,11,16H,4,7,9-10H2,1-3H3. The highest BCUT2D eigenvalue weighted by molar-refractivity contribution is 9.10. The van der Waals surface area contributed by atoms with Crippen LogP contribution in [0.3, 0.4) is 0 Å². The normalized spacial score (nSPS) is 12.5. The lowest BCUT2D eigenvalue weighted by Crippen LogP contribution is -2.25. The summed E-state index contributed by atoms with van der Waals surface area (Å²) in [5.41, 5.74) is 1.17. The minimum atomic E-state index is 0.532. The molecule has 0 radical (unpaired) electrons. The average Bonchev–Trinajstić information content (AvgIpc) is 2.28. The predicted molar refractivity (Wildman–Crippen MR) is 76.7 cm³/mol. The van der Waals surface area contributed by atoms with Crippen LogP contribution in [0, 0.1) is 12.8 Å². The highest BCUT2D eigenvalue weighted by Crippen LogP contribution is 2.22. The molecule has 0 saturated heterocycles. The van der Waals surface area contributed by atoms with E-state index >= 15 is 0 Å². The summed E-state index contributed by atoms with van der Waals surface area (Å²) in [5.74, 6) is 1.51. The van der Waals surface area contributed by atoms with Gasteiger partial charge in [-0.1, -0.05) is 29.8 Å². The van der Waals surface area contributed by atoms with E-state index in [1.54, 1.807) is 0 Å². The molecule has 0 aliphatic heterocycles. The summed E-state index contributed by atoms with van der Waals surface area (Å²) in [6.07, 6.45) is 1.18. The van der Waals surface area contributed by atoms with Crippen LogP contribution in [0.25, 0.3) is 0 Å². The van der Waals surface area contributed by atoms with Crippen LogP contribution in [0.4, 0.5) is 0 Å². The van der Waals surface area contributed by atoms with Gasteiger partial charge in [0.15, 0.2) is 0 Å². The van der Waals surface area contributed by atoms with Gasteiger partial charge in [0.25, 0.3) is 0 Å². The first-order valence-electron chi connectivity index (χ1n) is 6.23. The highest BCUT2D eigenvalue weighted by atomic mass is 79.9. The Hall–Kier alpha value is -0.540. The van der Waals surface area contributed by atoms with Gasteiger partial charge in [-0.25, -0.2) is 0 Å². The summed E-state index contributed by atoms with van der Waals surface area (Å²) in [7, 11) is 0. The van der Waals surface area contributed by atoms with Crippen molar-refractivity contribution in [1.82, 2.24) is 5.32 Å². The second kappa shape index (κ2) is 7.72. The van der Waals surface area contributed by atoms with Gasteiger partial charge in [0.05, 0.1) is 6.61 Å². The van der Waals surface area contributed by atoms with Crippen molar-refractivity contribution in [3.8, 4) is 5.75 Å². The number of hydrogen-bond acceptors (Lipinski definition) is 2. The second-order valence-corrected chi connectivity index (χ2v) is 5.45. The minimum absolute atomic E-state index is 0.532. The number of nitrogens with one attached hydrogen (secondary N) is 1. The van der Waals surface area contributed by atoms with Crippen molar-refractivity contribution in [3.05, 3.63) is 28.2 Å². The fourth-order valence-corrected chi connectivity index (χ4v) is 2.07. The Morgan fingerprint density at radius 3 is 2.82 bits per heavy atom. The quantitative estimate of drug-likeness (QED) is 0.774. The zero-order chi connectivity index (χ0) is 12.7. The number of benzene rings is 1. The van der Waals surface area contributed by atoms with E-state index in [0.717, 1.165) is 29.9 Å². The van der Waals surface area contributed by atoms with E-state index in [0.29, 0.717) is 5.92 Å². The molecule has 1 aromatic carbocycles. The molecule has 3 heteroatoms. The first-order chi connectivity index (χ1) is 8.13. The van der Waals surface area contributed by atoms with E-state index < -0.39 is 0 Å². The maximum absolute atomic E-state index is 5.82. The van der Waals surface area contributed by atoms with Crippen molar-refractivity contribution >= 4 is 15.9 Å². The largest absolute Gasteiger partial charge is 0.493 e. The van der Waals surface area contributed by atoms with E-state index in [-0.39, 0.29) is 0 Å². The average molecular weight is 300 g/mol. The Morgan fingerprint density at radius 2 is 2.18 bits per heavy atom. The first-order valence-corrected chi connectivity index (χ1v) is 7.02. The molecule has 0 fully saturated rings. The van der Waals surface area contributed by atoms with Crippen LogP contribution in [0.15, 0.2) is 22.7 Å². The third kappa shape index (κ3) is 5.55. The molecule has 0 amide bonds. The van der Waals surface area contributed by atoms with Gasteiger partial charge in [0.1, 0.15) is 5.75 Å². The molecular weight excluding hydrogens is 278 g/mol. The van der Waals surface area contributed by atoms with Gasteiger partial charge in [-0.15, -0.1) is 0 Å². The first kappa shape index (κ1) is 14.5. The monoisotopic (exact) mass is 299 g/mol. The van der Waals surface area contributed by atoms with Gasteiger partial charge in [-0.05, 0) is 43.7 Å². The lowest BCUT2D eigenvalue weighted by atomic mass is 10.2. The molecule has 0 spiro atoms. The maximum Gasteiger partial charge on any atom is 0.122 e. The second-order valence-electron chi connectivity index (χ2n) is 4.53. The van der Waals surface area contributed by atoms with E-state index in [1.807, 2.05) is 12.1 Å². The molecule has 0 aromatic heterocycles. The van der Waals surface area contributed by atoms with Crippen LogP contribution < -0.4 is 10.1 Å². The summed E-state index contributed by atoms with van der Waals surface area (Å²) in [6, 6.07) is 6.11. The topological polar surface area (TPSA) is 21.3 Å². The van der Waals surface area contributed by atoms with Gasteiger partial charge >= 0.3 is 0 Å². The van der Waals surface area contributed by atoms with Gasteiger partial charge in [0.2, 0.25) is 0 Å². The van der Waals surface area contributed by atoms with Crippen molar-refractivity contribution in [2.24, 2.45) is 5.92 Å². The van der Waals surface area contributed by atoms with E-state index in [4.69, 9.17) is 4.74 Å². The molecule has 1 unspecified atom stereocenters. The fourth-order valence-electron chi connectivity index (χ4n) is 1.59. The molecule has 0 saturated carbocycles. The molecule has 0 heterocycles. The van der Waals surface area contributed by atoms with Crippen LogP contribution >= 0.6 is 15.9 Å². The molecule has 1 rings (SSSR count). The number of rotatable bonds is 7. The summed E-state index contributed by atoms with van der Waals surface area (Å²) in [5, 5.41) is 3.41. The Morgan fingerprint density at radius 1 is 1.41 bits per heavy atom.